The molecule has 2 heterocycles. The molecule has 3 aliphatic rings. The average Bonchev–Trinajstić information content (AvgIpc) is 3.75. The first-order chi connectivity index (χ1) is 35.7. The van der Waals surface area contributed by atoms with Crippen molar-refractivity contribution < 1.29 is 0 Å². The van der Waals surface area contributed by atoms with Crippen LogP contribution < -0.4 is 9.80 Å². The number of anilines is 6. The highest BCUT2D eigenvalue weighted by atomic mass is 15.2. The molecule has 14 rings (SSSR count). The van der Waals surface area contributed by atoms with Gasteiger partial charge in [0.05, 0.1) is 28.2 Å². The SMILES string of the molecule is CC1(C)c2ccccc2N2c3ccccc3C(C)(C)c3cc(-c4cccc5c(N(c6ccc(-c7ccccc7)cc6)c6ccc7c(c6)C(c6ccccc6)(c6ccccc6)c6ccccc6-7)cccc45)cc1c32. The van der Waals surface area contributed by atoms with E-state index in [2.05, 4.69) is 292 Å². The fourth-order valence-electron chi connectivity index (χ4n) is 13.2. The van der Waals surface area contributed by atoms with Crippen LogP contribution >= 0.6 is 0 Å². The van der Waals surface area contributed by atoms with Crippen LogP contribution in [0.2, 0.25) is 0 Å². The molecule has 0 unspecified atom stereocenters. The van der Waals surface area contributed by atoms with E-state index in [1.165, 1.54) is 106 Å². The minimum absolute atomic E-state index is 0.240. The van der Waals surface area contributed by atoms with Gasteiger partial charge in [-0.2, -0.15) is 0 Å². The third kappa shape index (κ3) is 6.23. The van der Waals surface area contributed by atoms with E-state index in [4.69, 9.17) is 0 Å². The minimum atomic E-state index is -0.538. The number of hydrogen-bond acceptors (Lipinski definition) is 2. The van der Waals surface area contributed by atoms with Crippen molar-refractivity contribution in [2.24, 2.45) is 0 Å². The van der Waals surface area contributed by atoms with E-state index in [1.807, 2.05) is 0 Å². The standard InChI is InChI=1S/C71H54N2/c1-69(2)60-33-16-18-35-66(60)73-67-36-19-17-34-61(67)70(3,4)64-45-49(44-63(69)68(64)73)54-29-20-31-58-55(54)30-21-37-65(58)72(52-40-38-48(39-41-52)47-22-8-5-9-23-47)53-42-43-57-56-28-14-15-32-59(56)71(62(57)46-53,50-24-10-6-11-25-50)51-26-12-7-13-27-51/h5-46H,1-4H3. The van der Waals surface area contributed by atoms with Crippen molar-refractivity contribution in [3.63, 3.8) is 0 Å². The minimum Gasteiger partial charge on any atom is -0.310 e. The lowest BCUT2D eigenvalue weighted by Crippen LogP contribution is -2.38. The Balaban J connectivity index is 1.000. The highest BCUT2D eigenvalue weighted by Crippen LogP contribution is 2.62. The van der Waals surface area contributed by atoms with Crippen molar-refractivity contribution >= 4 is 44.9 Å². The number of benzene rings is 11. The average molecular weight is 935 g/mol. The number of rotatable bonds is 7. The number of nitrogens with zero attached hydrogens (tertiary/aromatic N) is 2. The van der Waals surface area contributed by atoms with Crippen molar-refractivity contribution in [1.82, 2.24) is 0 Å². The maximum atomic E-state index is 2.55. The Labute approximate surface area is 429 Å². The molecule has 0 amide bonds. The molecule has 348 valence electrons. The third-order valence-electron chi connectivity index (χ3n) is 16.7. The van der Waals surface area contributed by atoms with Gasteiger partial charge in [-0.05, 0) is 138 Å². The van der Waals surface area contributed by atoms with Gasteiger partial charge in [0.15, 0.2) is 0 Å². The van der Waals surface area contributed by atoms with Crippen LogP contribution in [0.15, 0.2) is 255 Å². The Morgan fingerprint density at radius 3 is 1.42 bits per heavy atom. The highest BCUT2D eigenvalue weighted by molar-refractivity contribution is 6.07. The molecule has 2 heteroatoms. The van der Waals surface area contributed by atoms with Gasteiger partial charge in [-0.3, -0.25) is 0 Å². The molecule has 0 saturated carbocycles. The molecule has 1 aliphatic carbocycles. The summed E-state index contributed by atoms with van der Waals surface area (Å²) in [6.07, 6.45) is 0. The molecule has 73 heavy (non-hydrogen) atoms. The first kappa shape index (κ1) is 43.1. The summed E-state index contributed by atoms with van der Waals surface area (Å²) in [5, 5.41) is 2.41. The van der Waals surface area contributed by atoms with Gasteiger partial charge in [-0.15, -0.1) is 0 Å². The monoisotopic (exact) mass is 934 g/mol. The van der Waals surface area contributed by atoms with Crippen LogP contribution in [0, 0.1) is 0 Å². The first-order valence-corrected chi connectivity index (χ1v) is 25.8. The van der Waals surface area contributed by atoms with Gasteiger partial charge < -0.3 is 9.80 Å². The van der Waals surface area contributed by atoms with Crippen molar-refractivity contribution in [2.45, 2.75) is 43.9 Å². The topological polar surface area (TPSA) is 6.48 Å². The van der Waals surface area contributed by atoms with E-state index in [0.717, 1.165) is 17.1 Å². The Hall–Kier alpha value is -8.72. The predicted molar refractivity (Wildman–Crippen MR) is 306 cm³/mol. The van der Waals surface area contributed by atoms with Crippen LogP contribution in [-0.2, 0) is 16.2 Å². The zero-order chi connectivity index (χ0) is 49.1. The summed E-state index contributed by atoms with van der Waals surface area (Å²) in [6.45, 7) is 9.66. The Bertz CT molecular complexity index is 3840. The van der Waals surface area contributed by atoms with E-state index in [-0.39, 0.29) is 10.8 Å². The lowest BCUT2D eigenvalue weighted by molar-refractivity contribution is 0.598. The predicted octanol–water partition coefficient (Wildman–Crippen LogP) is 18.8. The van der Waals surface area contributed by atoms with E-state index in [1.54, 1.807) is 0 Å². The molecule has 2 nitrogen and oxygen atoms in total. The molecule has 11 aromatic carbocycles. The second-order valence-corrected chi connectivity index (χ2v) is 21.2. The Kier molecular flexibility index (Phi) is 9.54. The second-order valence-electron chi connectivity index (χ2n) is 21.2. The van der Waals surface area contributed by atoms with Gasteiger partial charge in [0.25, 0.3) is 0 Å². The lowest BCUT2D eigenvalue weighted by Gasteiger charge is -2.49. The van der Waals surface area contributed by atoms with Gasteiger partial charge in [0, 0.05) is 27.6 Å². The zero-order valence-corrected chi connectivity index (χ0v) is 41.6. The van der Waals surface area contributed by atoms with E-state index in [9.17, 15) is 0 Å². The lowest BCUT2D eigenvalue weighted by atomic mass is 9.65. The van der Waals surface area contributed by atoms with Crippen LogP contribution in [0.4, 0.5) is 34.1 Å². The maximum absolute atomic E-state index is 2.55. The smallest absolute Gasteiger partial charge is 0.0714 e. The van der Waals surface area contributed by atoms with Crippen LogP contribution in [-0.4, -0.2) is 0 Å². The fourth-order valence-corrected chi connectivity index (χ4v) is 13.2. The van der Waals surface area contributed by atoms with Crippen LogP contribution in [0.1, 0.15) is 72.2 Å². The number of hydrogen-bond donors (Lipinski definition) is 0. The van der Waals surface area contributed by atoms with E-state index >= 15 is 0 Å². The van der Waals surface area contributed by atoms with Crippen LogP contribution in [0.25, 0.3) is 44.2 Å². The molecule has 0 radical (unpaired) electrons. The summed E-state index contributed by atoms with van der Waals surface area (Å²) in [5.74, 6) is 0. The van der Waals surface area contributed by atoms with Crippen molar-refractivity contribution in [1.29, 1.82) is 0 Å². The van der Waals surface area contributed by atoms with Crippen molar-refractivity contribution in [3.8, 4) is 33.4 Å². The van der Waals surface area contributed by atoms with E-state index < -0.39 is 5.41 Å². The molecule has 0 bridgehead atoms. The zero-order valence-electron chi connectivity index (χ0n) is 41.6. The molecule has 0 fully saturated rings. The fraction of sp³-hybridized carbons (Fsp3) is 0.0986. The molecule has 0 atom stereocenters. The second kappa shape index (κ2) is 16.2. The molecule has 0 saturated heterocycles. The number of fused-ring (bicyclic) bond motifs is 8. The van der Waals surface area contributed by atoms with E-state index in [0.29, 0.717) is 0 Å². The molecule has 0 aromatic heterocycles. The summed E-state index contributed by atoms with van der Waals surface area (Å²) >= 11 is 0. The van der Waals surface area contributed by atoms with Gasteiger partial charge in [-0.25, -0.2) is 0 Å². The molecule has 2 aliphatic heterocycles. The first-order valence-electron chi connectivity index (χ1n) is 25.8. The van der Waals surface area contributed by atoms with Gasteiger partial charge >= 0.3 is 0 Å². The summed E-state index contributed by atoms with van der Waals surface area (Å²) in [4.78, 5) is 5.05. The Morgan fingerprint density at radius 2 is 0.795 bits per heavy atom. The normalized spacial score (nSPS) is 14.9. The van der Waals surface area contributed by atoms with Crippen molar-refractivity contribution in [2.75, 3.05) is 9.80 Å². The molecule has 0 N–H and O–H groups in total. The molecule has 0 spiro atoms. The quantitative estimate of drug-likeness (QED) is 0.157. The maximum Gasteiger partial charge on any atom is 0.0714 e. The highest BCUT2D eigenvalue weighted by Gasteiger charge is 2.48. The van der Waals surface area contributed by atoms with Gasteiger partial charge in [0.2, 0.25) is 0 Å². The largest absolute Gasteiger partial charge is 0.310 e. The third-order valence-corrected chi connectivity index (χ3v) is 16.7. The molecular weight excluding hydrogens is 881 g/mol. The summed E-state index contributed by atoms with van der Waals surface area (Å²) in [6, 6.07) is 95.3. The van der Waals surface area contributed by atoms with Gasteiger partial charge in [-0.1, -0.05) is 228 Å². The summed E-state index contributed by atoms with van der Waals surface area (Å²) in [7, 11) is 0. The van der Waals surface area contributed by atoms with Crippen LogP contribution in [0.5, 0.6) is 0 Å². The van der Waals surface area contributed by atoms with Crippen LogP contribution in [0.3, 0.4) is 0 Å². The number of para-hydroxylation sites is 2. The summed E-state index contributed by atoms with van der Waals surface area (Å²) in [5.41, 5.74) is 24.0. The molecule has 11 aromatic rings. The van der Waals surface area contributed by atoms with Crippen molar-refractivity contribution in [3.05, 3.63) is 299 Å². The Morgan fingerprint density at radius 1 is 0.315 bits per heavy atom. The van der Waals surface area contributed by atoms with Gasteiger partial charge in [0.1, 0.15) is 0 Å². The molecular formula is C71H54N2. The summed E-state index contributed by atoms with van der Waals surface area (Å²) < 4.78 is 0.